The van der Waals surface area contributed by atoms with Crippen molar-refractivity contribution in [3.63, 3.8) is 0 Å². The second-order valence-electron chi connectivity index (χ2n) is 9.57. The van der Waals surface area contributed by atoms with Gasteiger partial charge < -0.3 is 10.2 Å². The lowest BCUT2D eigenvalue weighted by Gasteiger charge is -2.33. The summed E-state index contributed by atoms with van der Waals surface area (Å²) in [6.07, 6.45) is 1.15. The minimum Gasteiger partial charge on any atom is -0.354 e. The van der Waals surface area contributed by atoms with Crippen molar-refractivity contribution in [1.29, 1.82) is 0 Å². The van der Waals surface area contributed by atoms with Gasteiger partial charge in [0.25, 0.3) is 0 Å². The van der Waals surface area contributed by atoms with Crippen LogP contribution in [0, 0.1) is 11.7 Å². The smallest absolute Gasteiger partial charge is 0.244 e. The summed E-state index contributed by atoms with van der Waals surface area (Å²) in [7, 11) is -4.02. The highest BCUT2D eigenvalue weighted by Gasteiger charge is 2.33. The quantitative estimate of drug-likeness (QED) is 0.377. The Hall–Kier alpha value is -3.72. The molecule has 1 N–H and O–H groups in total. The Morgan fingerprint density at radius 1 is 0.868 bits per heavy atom. The molecule has 0 aliphatic heterocycles. The highest BCUT2D eigenvalue weighted by Crippen LogP contribution is 2.23. The first kappa shape index (κ1) is 28.8. The molecule has 0 saturated carbocycles. The van der Waals surface area contributed by atoms with Crippen molar-refractivity contribution < 1.29 is 22.4 Å². The second-order valence-corrected chi connectivity index (χ2v) is 11.5. The molecule has 0 saturated heterocycles. The van der Waals surface area contributed by atoms with Crippen LogP contribution in [0.1, 0.15) is 25.0 Å². The van der Waals surface area contributed by atoms with Crippen molar-refractivity contribution in [3.8, 4) is 0 Å². The van der Waals surface area contributed by atoms with Crippen LogP contribution in [-0.2, 0) is 32.6 Å². The van der Waals surface area contributed by atoms with E-state index in [9.17, 15) is 22.4 Å². The molecule has 0 aliphatic rings. The number of anilines is 1. The van der Waals surface area contributed by atoms with Gasteiger partial charge in [-0.15, -0.1) is 0 Å². The maximum Gasteiger partial charge on any atom is 0.244 e. The SMILES string of the molecule is CC(C)CNC(=O)[C@@H](Cc1ccccc1)N(Cc1ccccc1)C(=O)CN(c1ccccc1F)S(C)(=O)=O. The molecule has 1 atom stereocenters. The number of amides is 2. The fraction of sp³-hybridized carbons (Fsp3) is 0.310. The van der Waals surface area contributed by atoms with Gasteiger partial charge in [-0.2, -0.15) is 0 Å². The fourth-order valence-corrected chi connectivity index (χ4v) is 4.86. The van der Waals surface area contributed by atoms with Gasteiger partial charge in [0.15, 0.2) is 0 Å². The Labute approximate surface area is 224 Å². The number of para-hydroxylation sites is 1. The molecular weight excluding hydrogens is 505 g/mol. The first-order valence-corrected chi connectivity index (χ1v) is 14.3. The monoisotopic (exact) mass is 539 g/mol. The number of carbonyl (C=O) groups excluding carboxylic acids is 2. The van der Waals surface area contributed by atoms with Crippen molar-refractivity contribution in [3.05, 3.63) is 102 Å². The van der Waals surface area contributed by atoms with Gasteiger partial charge >= 0.3 is 0 Å². The van der Waals surface area contributed by atoms with Crippen molar-refractivity contribution in [2.24, 2.45) is 5.92 Å². The number of rotatable bonds is 12. The third-order valence-electron chi connectivity index (χ3n) is 5.95. The van der Waals surface area contributed by atoms with Crippen LogP contribution in [-0.4, -0.2) is 50.5 Å². The zero-order valence-electron chi connectivity index (χ0n) is 21.9. The number of carbonyl (C=O) groups is 2. The van der Waals surface area contributed by atoms with Gasteiger partial charge in [-0.25, -0.2) is 12.8 Å². The maximum absolute atomic E-state index is 14.6. The number of benzene rings is 3. The molecule has 0 aromatic heterocycles. The van der Waals surface area contributed by atoms with Gasteiger partial charge in [0.05, 0.1) is 11.9 Å². The summed E-state index contributed by atoms with van der Waals surface area (Å²) < 4.78 is 40.7. The molecule has 2 amide bonds. The van der Waals surface area contributed by atoms with E-state index in [1.165, 1.54) is 23.1 Å². The molecule has 3 rings (SSSR count). The molecule has 0 unspecified atom stereocenters. The molecule has 0 heterocycles. The van der Waals surface area contributed by atoms with Crippen molar-refractivity contribution in [2.75, 3.05) is 23.7 Å². The van der Waals surface area contributed by atoms with Crippen molar-refractivity contribution in [2.45, 2.75) is 32.9 Å². The second kappa shape index (κ2) is 13.2. The molecule has 3 aromatic carbocycles. The minimum atomic E-state index is -4.02. The van der Waals surface area contributed by atoms with E-state index in [-0.39, 0.29) is 30.5 Å². The molecule has 202 valence electrons. The van der Waals surface area contributed by atoms with E-state index >= 15 is 0 Å². The van der Waals surface area contributed by atoms with Crippen LogP contribution in [0.25, 0.3) is 0 Å². The number of nitrogens with zero attached hydrogens (tertiary/aromatic N) is 2. The summed E-state index contributed by atoms with van der Waals surface area (Å²) >= 11 is 0. The molecule has 0 bridgehead atoms. The number of halogens is 1. The molecule has 3 aromatic rings. The standard InChI is InChI=1S/C29H34FN3O4S/c1-22(2)19-31-29(35)27(18-23-12-6-4-7-13-23)32(20-24-14-8-5-9-15-24)28(34)21-33(38(3,36)37)26-17-11-10-16-25(26)30/h4-17,22,27H,18-21H2,1-3H3,(H,31,35)/t27-/m1/s1. The molecule has 0 fully saturated rings. The van der Waals surface area contributed by atoms with Crippen LogP contribution in [0.15, 0.2) is 84.9 Å². The summed E-state index contributed by atoms with van der Waals surface area (Å²) in [5, 5.41) is 2.92. The topological polar surface area (TPSA) is 86.8 Å². The van der Waals surface area contributed by atoms with Gasteiger partial charge in [-0.05, 0) is 29.2 Å². The van der Waals surface area contributed by atoms with E-state index < -0.39 is 34.3 Å². The van der Waals surface area contributed by atoms with Gasteiger partial charge in [0, 0.05) is 19.5 Å². The van der Waals surface area contributed by atoms with Gasteiger partial charge in [-0.1, -0.05) is 86.6 Å². The minimum absolute atomic E-state index is 0.0706. The Bertz CT molecular complexity index is 1320. The average Bonchev–Trinajstić information content (AvgIpc) is 2.89. The van der Waals surface area contributed by atoms with Crippen LogP contribution in [0.5, 0.6) is 0 Å². The van der Waals surface area contributed by atoms with Crippen LogP contribution >= 0.6 is 0 Å². The summed E-state index contributed by atoms with van der Waals surface area (Å²) in [6.45, 7) is 3.77. The van der Waals surface area contributed by atoms with Gasteiger partial charge in [0.2, 0.25) is 21.8 Å². The third kappa shape index (κ3) is 8.14. The first-order chi connectivity index (χ1) is 18.1. The predicted molar refractivity (Wildman–Crippen MR) is 147 cm³/mol. The lowest BCUT2D eigenvalue weighted by molar-refractivity contribution is -0.140. The van der Waals surface area contributed by atoms with E-state index in [0.717, 1.165) is 27.8 Å². The van der Waals surface area contributed by atoms with Crippen LogP contribution < -0.4 is 9.62 Å². The Morgan fingerprint density at radius 2 is 1.42 bits per heavy atom. The van der Waals surface area contributed by atoms with Crippen molar-refractivity contribution >= 4 is 27.5 Å². The summed E-state index contributed by atoms with van der Waals surface area (Å²) in [6, 6.07) is 22.9. The van der Waals surface area contributed by atoms with E-state index in [1.54, 1.807) is 0 Å². The number of sulfonamides is 1. The lowest BCUT2D eigenvalue weighted by atomic mass is 10.0. The summed E-state index contributed by atoms with van der Waals surface area (Å²) in [4.78, 5) is 28.8. The predicted octanol–water partition coefficient (Wildman–Crippen LogP) is 4.00. The first-order valence-electron chi connectivity index (χ1n) is 12.4. The van der Waals surface area contributed by atoms with Gasteiger partial charge in [0.1, 0.15) is 18.4 Å². The van der Waals surface area contributed by atoms with Crippen LogP contribution in [0.4, 0.5) is 10.1 Å². The summed E-state index contributed by atoms with van der Waals surface area (Å²) in [5.74, 6) is -1.54. The number of nitrogens with one attached hydrogen (secondary N) is 1. The fourth-order valence-electron chi connectivity index (χ4n) is 4.01. The van der Waals surface area contributed by atoms with Crippen LogP contribution in [0.3, 0.4) is 0 Å². The maximum atomic E-state index is 14.6. The number of hydrogen-bond acceptors (Lipinski definition) is 4. The molecular formula is C29H34FN3O4S. The molecule has 0 spiro atoms. The van der Waals surface area contributed by atoms with E-state index in [2.05, 4.69) is 5.32 Å². The summed E-state index contributed by atoms with van der Waals surface area (Å²) in [5.41, 5.74) is 1.39. The molecule has 0 aliphatic carbocycles. The largest absolute Gasteiger partial charge is 0.354 e. The number of hydrogen-bond donors (Lipinski definition) is 1. The Kier molecular flexibility index (Phi) is 10.0. The van der Waals surface area contributed by atoms with Crippen molar-refractivity contribution in [1.82, 2.24) is 10.2 Å². The van der Waals surface area contributed by atoms with E-state index in [1.807, 2.05) is 74.5 Å². The van der Waals surface area contributed by atoms with Crippen LogP contribution in [0.2, 0.25) is 0 Å². The molecule has 0 radical (unpaired) electrons. The zero-order chi connectivity index (χ0) is 27.7. The Balaban J connectivity index is 2.03. The lowest BCUT2D eigenvalue weighted by Crippen LogP contribution is -2.53. The normalized spacial score (nSPS) is 12.1. The third-order valence-corrected chi connectivity index (χ3v) is 7.08. The highest BCUT2D eigenvalue weighted by molar-refractivity contribution is 7.92. The molecule has 9 heteroatoms. The van der Waals surface area contributed by atoms with Gasteiger partial charge in [-0.3, -0.25) is 13.9 Å². The zero-order valence-corrected chi connectivity index (χ0v) is 22.7. The molecule has 38 heavy (non-hydrogen) atoms. The molecule has 7 nitrogen and oxygen atoms in total. The van der Waals surface area contributed by atoms with E-state index in [0.29, 0.717) is 6.54 Å². The highest BCUT2D eigenvalue weighted by atomic mass is 32.2. The van der Waals surface area contributed by atoms with E-state index in [4.69, 9.17) is 0 Å². The average molecular weight is 540 g/mol. The Morgan fingerprint density at radius 3 is 1.97 bits per heavy atom.